The zero-order valence-corrected chi connectivity index (χ0v) is 11.2. The summed E-state index contributed by atoms with van der Waals surface area (Å²) in [6.45, 7) is 0. The van der Waals surface area contributed by atoms with Gasteiger partial charge in [0.05, 0.1) is 0 Å². The summed E-state index contributed by atoms with van der Waals surface area (Å²) in [6, 6.07) is 3.77. The molecule has 0 amide bonds. The predicted molar refractivity (Wildman–Crippen MR) is 79.8 cm³/mol. The smallest absolute Gasteiger partial charge is 0.204 e. The van der Waals surface area contributed by atoms with E-state index < -0.39 is 0 Å². The van der Waals surface area contributed by atoms with Gasteiger partial charge in [-0.1, -0.05) is 24.3 Å². The number of fused-ring (bicyclic) bond motifs is 1. The van der Waals surface area contributed by atoms with Gasteiger partial charge >= 0.3 is 0 Å². The molecular weight excluding hydrogens is 248 g/mol. The Labute approximate surface area is 117 Å². The van der Waals surface area contributed by atoms with E-state index in [-0.39, 0.29) is 5.78 Å². The average molecular weight is 262 g/mol. The molecule has 0 radical (unpaired) electrons. The first-order chi connectivity index (χ1) is 9.75. The number of aromatic nitrogens is 1. The monoisotopic (exact) mass is 262 g/mol. The minimum absolute atomic E-state index is 0.0389. The van der Waals surface area contributed by atoms with Crippen LogP contribution in [0.3, 0.4) is 0 Å². The number of hydrogen-bond acceptors (Lipinski definition) is 3. The van der Waals surface area contributed by atoms with E-state index in [4.69, 9.17) is 0 Å². The summed E-state index contributed by atoms with van der Waals surface area (Å²) < 4.78 is 0. The molecule has 0 aromatic carbocycles. The fourth-order valence-electron chi connectivity index (χ4n) is 2.20. The van der Waals surface area contributed by atoms with Crippen molar-refractivity contribution < 1.29 is 4.79 Å². The van der Waals surface area contributed by atoms with Gasteiger partial charge < -0.3 is 4.90 Å². The van der Waals surface area contributed by atoms with Gasteiger partial charge in [-0.2, -0.15) is 0 Å². The fraction of sp³-hybridized carbons (Fsp3) is 0.0588. The SMILES string of the molecule is CN1C=CC=CC1=CC=C1C=CC(=O)c2ncccc21. The largest absolute Gasteiger partial charge is 0.351 e. The van der Waals surface area contributed by atoms with Crippen LogP contribution in [0.25, 0.3) is 5.57 Å². The third-order valence-electron chi connectivity index (χ3n) is 3.30. The molecule has 1 aromatic heterocycles. The number of allylic oxidation sites excluding steroid dienone is 8. The topological polar surface area (TPSA) is 33.2 Å². The molecule has 0 bridgehead atoms. The van der Waals surface area contributed by atoms with Gasteiger partial charge in [0.25, 0.3) is 0 Å². The van der Waals surface area contributed by atoms with Gasteiger partial charge in [-0.3, -0.25) is 9.78 Å². The average Bonchev–Trinajstić information content (AvgIpc) is 2.48. The maximum absolute atomic E-state index is 11.8. The Morgan fingerprint density at radius 3 is 2.90 bits per heavy atom. The van der Waals surface area contributed by atoms with Crippen molar-refractivity contribution >= 4 is 11.4 Å². The molecule has 1 aromatic rings. The number of carbonyl (C=O) groups is 1. The van der Waals surface area contributed by atoms with Crippen LogP contribution in [0.4, 0.5) is 0 Å². The van der Waals surface area contributed by atoms with Crippen LogP contribution in [0.5, 0.6) is 0 Å². The third-order valence-corrected chi connectivity index (χ3v) is 3.30. The molecule has 98 valence electrons. The number of likely N-dealkylation sites (N-methyl/N-ethyl adjacent to an activating group) is 1. The van der Waals surface area contributed by atoms with Crippen molar-refractivity contribution in [1.29, 1.82) is 0 Å². The van der Waals surface area contributed by atoms with Crippen LogP contribution in [0, 0.1) is 0 Å². The second-order valence-corrected chi connectivity index (χ2v) is 4.62. The second kappa shape index (κ2) is 5.13. The van der Waals surface area contributed by atoms with E-state index in [1.807, 2.05) is 66.7 Å². The lowest BCUT2D eigenvalue weighted by Gasteiger charge is -2.17. The summed E-state index contributed by atoms with van der Waals surface area (Å²) >= 11 is 0. The molecule has 20 heavy (non-hydrogen) atoms. The molecule has 2 aliphatic rings. The quantitative estimate of drug-likeness (QED) is 0.779. The van der Waals surface area contributed by atoms with Gasteiger partial charge in [0.15, 0.2) is 0 Å². The number of hydrogen-bond donors (Lipinski definition) is 0. The first-order valence-corrected chi connectivity index (χ1v) is 6.43. The number of ketones is 1. The highest BCUT2D eigenvalue weighted by Gasteiger charge is 2.16. The first kappa shape index (κ1) is 12.4. The number of rotatable bonds is 1. The lowest BCUT2D eigenvalue weighted by molar-refractivity contribution is 0.104. The Bertz CT molecular complexity index is 705. The van der Waals surface area contributed by atoms with Crippen molar-refractivity contribution in [1.82, 2.24) is 9.88 Å². The molecule has 0 unspecified atom stereocenters. The van der Waals surface area contributed by atoms with E-state index in [2.05, 4.69) is 4.98 Å². The van der Waals surface area contributed by atoms with Crippen LogP contribution in [-0.4, -0.2) is 22.7 Å². The molecule has 3 rings (SSSR count). The minimum Gasteiger partial charge on any atom is -0.351 e. The molecule has 0 atom stereocenters. The number of carbonyl (C=O) groups excluding carboxylic acids is 1. The van der Waals surface area contributed by atoms with Crippen LogP contribution in [0.1, 0.15) is 16.1 Å². The van der Waals surface area contributed by atoms with E-state index in [9.17, 15) is 4.79 Å². The van der Waals surface area contributed by atoms with Crippen LogP contribution in [-0.2, 0) is 0 Å². The number of nitrogens with zero attached hydrogens (tertiary/aromatic N) is 2. The van der Waals surface area contributed by atoms with Gasteiger partial charge in [0, 0.05) is 30.7 Å². The standard InChI is InChI=1S/C17H14N2O/c1-19-12-3-2-5-14(19)9-7-13-8-10-16(20)17-15(13)6-4-11-18-17/h2-12H,1H3. The zero-order valence-electron chi connectivity index (χ0n) is 11.2. The third kappa shape index (κ3) is 2.26. The summed E-state index contributed by atoms with van der Waals surface area (Å²) in [4.78, 5) is 18.0. The molecule has 2 heterocycles. The van der Waals surface area contributed by atoms with Crippen molar-refractivity contribution in [3.8, 4) is 0 Å². The van der Waals surface area contributed by atoms with Crippen molar-refractivity contribution in [2.75, 3.05) is 7.05 Å². The van der Waals surface area contributed by atoms with E-state index in [1.54, 1.807) is 12.3 Å². The summed E-state index contributed by atoms with van der Waals surface area (Å²) in [5.41, 5.74) is 3.49. The molecule has 1 aliphatic heterocycles. The normalized spacial score (nSPS) is 20.9. The van der Waals surface area contributed by atoms with Crippen molar-refractivity contribution in [3.05, 3.63) is 84.0 Å². The molecule has 0 saturated carbocycles. The highest BCUT2D eigenvalue weighted by molar-refractivity contribution is 6.11. The van der Waals surface area contributed by atoms with E-state index in [1.165, 1.54) is 0 Å². The molecule has 0 saturated heterocycles. The Morgan fingerprint density at radius 1 is 1.15 bits per heavy atom. The lowest BCUT2D eigenvalue weighted by Crippen LogP contribution is -2.10. The molecule has 0 N–H and O–H groups in total. The molecule has 3 heteroatoms. The summed E-state index contributed by atoms with van der Waals surface area (Å²) in [6.07, 6.45) is 17.1. The van der Waals surface area contributed by atoms with Crippen molar-refractivity contribution in [3.63, 3.8) is 0 Å². The summed E-state index contributed by atoms with van der Waals surface area (Å²) in [5, 5.41) is 0. The second-order valence-electron chi connectivity index (χ2n) is 4.62. The highest BCUT2D eigenvalue weighted by Crippen LogP contribution is 2.24. The van der Waals surface area contributed by atoms with Gasteiger partial charge in [-0.15, -0.1) is 0 Å². The fourth-order valence-corrected chi connectivity index (χ4v) is 2.20. The lowest BCUT2D eigenvalue weighted by atomic mass is 9.95. The van der Waals surface area contributed by atoms with Crippen LogP contribution in [0.2, 0.25) is 0 Å². The van der Waals surface area contributed by atoms with Crippen molar-refractivity contribution in [2.24, 2.45) is 0 Å². The van der Waals surface area contributed by atoms with E-state index in [0.29, 0.717) is 5.69 Å². The van der Waals surface area contributed by atoms with Gasteiger partial charge in [0.1, 0.15) is 5.69 Å². The van der Waals surface area contributed by atoms with Gasteiger partial charge in [-0.05, 0) is 35.9 Å². The predicted octanol–water partition coefficient (Wildman–Crippen LogP) is 3.12. The molecule has 3 nitrogen and oxygen atoms in total. The van der Waals surface area contributed by atoms with Crippen LogP contribution < -0.4 is 0 Å². The molecule has 0 spiro atoms. The minimum atomic E-state index is -0.0389. The maximum atomic E-state index is 11.8. The first-order valence-electron chi connectivity index (χ1n) is 6.43. The molecule has 1 aliphatic carbocycles. The maximum Gasteiger partial charge on any atom is 0.204 e. The molecule has 0 fully saturated rings. The Hall–Kier alpha value is -2.68. The van der Waals surface area contributed by atoms with Crippen LogP contribution in [0.15, 0.2) is 72.8 Å². The Morgan fingerprint density at radius 2 is 2.05 bits per heavy atom. The highest BCUT2D eigenvalue weighted by atomic mass is 16.1. The molecular formula is C17H14N2O. The summed E-state index contributed by atoms with van der Waals surface area (Å²) in [5.74, 6) is -0.0389. The Kier molecular flexibility index (Phi) is 3.17. The summed E-state index contributed by atoms with van der Waals surface area (Å²) in [7, 11) is 2.00. The zero-order chi connectivity index (χ0) is 13.9. The Balaban J connectivity index is 1.99. The number of pyridine rings is 1. The van der Waals surface area contributed by atoms with E-state index >= 15 is 0 Å². The van der Waals surface area contributed by atoms with E-state index in [0.717, 1.165) is 16.8 Å². The van der Waals surface area contributed by atoms with Gasteiger partial charge in [0.2, 0.25) is 5.78 Å². The van der Waals surface area contributed by atoms with Crippen LogP contribution >= 0.6 is 0 Å². The van der Waals surface area contributed by atoms with Gasteiger partial charge in [-0.25, -0.2) is 0 Å². The van der Waals surface area contributed by atoms with Crippen molar-refractivity contribution in [2.45, 2.75) is 0 Å².